The zero-order valence-electron chi connectivity index (χ0n) is 88.0. The van der Waals surface area contributed by atoms with Gasteiger partial charge in [0.2, 0.25) is 0 Å². The topological polar surface area (TPSA) is 0 Å². The van der Waals surface area contributed by atoms with E-state index in [0.29, 0.717) is 0 Å². The molecular formula is C136H152. The van der Waals surface area contributed by atoms with Gasteiger partial charge in [0.25, 0.3) is 0 Å². The third kappa shape index (κ3) is 15.2. The van der Waals surface area contributed by atoms with Gasteiger partial charge in [-0.2, -0.15) is 0 Å². The summed E-state index contributed by atoms with van der Waals surface area (Å²) in [6.45, 7) is 64.9. The lowest BCUT2D eigenvalue weighted by Crippen LogP contribution is -2.29. The summed E-state index contributed by atoms with van der Waals surface area (Å²) in [7, 11) is 0. The summed E-state index contributed by atoms with van der Waals surface area (Å²) in [5, 5.41) is 0. The number of hydrogen-bond acceptors (Lipinski definition) is 0. The van der Waals surface area contributed by atoms with Crippen LogP contribution in [0.15, 0.2) is 243 Å². The van der Waals surface area contributed by atoms with Crippen LogP contribution in [0.2, 0.25) is 0 Å². The Morgan fingerprint density at radius 1 is 0.176 bits per heavy atom. The number of unbranched alkanes of at least 4 members (excludes halogenated alkanes) is 10. The highest BCUT2D eigenvalue weighted by atomic mass is 14.5. The van der Waals surface area contributed by atoms with Crippen LogP contribution >= 0.6 is 0 Å². The first-order valence-corrected chi connectivity index (χ1v) is 52.3. The van der Waals surface area contributed by atoms with Crippen LogP contribution in [0.25, 0.3) is 89.0 Å². The zero-order valence-corrected chi connectivity index (χ0v) is 88.0. The summed E-state index contributed by atoms with van der Waals surface area (Å²) in [5.74, 6) is 0. The minimum Gasteiger partial charge on any atom is -0.0654 e. The molecule has 8 aliphatic rings. The molecule has 0 spiro atoms. The fourth-order valence-corrected chi connectivity index (χ4v) is 26.4. The normalized spacial score (nSPS) is 16.4. The molecule has 14 aromatic carbocycles. The van der Waals surface area contributed by atoms with Crippen LogP contribution < -0.4 is 0 Å². The molecule has 0 radical (unpaired) electrons. The van der Waals surface area contributed by atoms with Gasteiger partial charge in [0.1, 0.15) is 0 Å². The van der Waals surface area contributed by atoms with Crippen LogP contribution in [0.5, 0.6) is 0 Å². The van der Waals surface area contributed by atoms with Gasteiger partial charge in [0.15, 0.2) is 0 Å². The highest BCUT2D eigenvalue weighted by Crippen LogP contribution is 2.65. The molecule has 0 heteroatoms. The number of rotatable bonds is 16. The van der Waals surface area contributed by atoms with Crippen molar-refractivity contribution in [3.8, 4) is 89.0 Å². The average molecular weight is 1790 g/mol. The van der Waals surface area contributed by atoms with E-state index in [2.05, 4.69) is 437 Å². The van der Waals surface area contributed by atoms with Crippen molar-refractivity contribution < 1.29 is 0 Å². The largest absolute Gasteiger partial charge is 0.0713 e. The van der Waals surface area contributed by atoms with E-state index >= 15 is 0 Å². The van der Waals surface area contributed by atoms with Gasteiger partial charge in [-0.1, -0.05) is 454 Å². The number of fused-ring (bicyclic) bond motifs is 24. The van der Waals surface area contributed by atoms with Gasteiger partial charge in [-0.05, 0) is 328 Å². The quantitative estimate of drug-likeness (QED) is 0.0846. The van der Waals surface area contributed by atoms with Crippen molar-refractivity contribution in [2.24, 2.45) is 0 Å². The van der Waals surface area contributed by atoms with Crippen molar-refractivity contribution in [1.29, 1.82) is 0 Å². The van der Waals surface area contributed by atoms with Crippen molar-refractivity contribution in [3.63, 3.8) is 0 Å². The summed E-state index contributed by atoms with van der Waals surface area (Å²) in [4.78, 5) is 0. The van der Waals surface area contributed by atoms with E-state index in [1.807, 2.05) is 0 Å². The van der Waals surface area contributed by atoms with Gasteiger partial charge >= 0.3 is 0 Å². The van der Waals surface area contributed by atoms with E-state index < -0.39 is 5.41 Å². The summed E-state index contributed by atoms with van der Waals surface area (Å²) < 4.78 is 0. The Morgan fingerprint density at radius 2 is 0.346 bits per heavy atom. The Labute approximate surface area is 819 Å². The van der Waals surface area contributed by atoms with Crippen LogP contribution in [-0.4, -0.2) is 0 Å². The molecule has 0 aromatic heterocycles. The number of hydrogen-bond donors (Lipinski definition) is 0. The molecule has 0 saturated carbocycles. The molecule has 136 heavy (non-hydrogen) atoms. The van der Waals surface area contributed by atoms with Gasteiger partial charge in [-0.15, -0.1) is 0 Å². The molecular weight excluding hydrogens is 1630 g/mol. The maximum absolute atomic E-state index is 2.73. The first-order chi connectivity index (χ1) is 64.4. The molecule has 0 bridgehead atoms. The zero-order chi connectivity index (χ0) is 96.6. The Morgan fingerprint density at radius 3 is 0.596 bits per heavy atom. The lowest BCUT2D eigenvalue weighted by Gasteiger charge is -2.36. The lowest BCUT2D eigenvalue weighted by molar-refractivity contribution is 0.397. The van der Waals surface area contributed by atoms with E-state index in [4.69, 9.17) is 0 Å². The summed E-state index contributed by atoms with van der Waals surface area (Å²) in [6, 6.07) is 96.4. The predicted octanol–water partition coefficient (Wildman–Crippen LogP) is 37.8. The summed E-state index contributed by atoms with van der Waals surface area (Å²) >= 11 is 0. The van der Waals surface area contributed by atoms with E-state index in [1.165, 1.54) is 324 Å². The van der Waals surface area contributed by atoms with Crippen molar-refractivity contribution in [2.45, 2.75) is 338 Å². The van der Waals surface area contributed by atoms with Crippen LogP contribution in [0.1, 0.15) is 384 Å². The molecule has 0 fully saturated rings. The standard InChI is InChI=1S/C58H74.3C26H26/c1-11-13-15-17-19-21-35-57(36-22-20-18-16-14-12-2)51-37-41(3)23-33-47(51)49-40-54-50(39-52(49)57)48-34-24-42(4)38-53(48)58(54,45-29-25-43(26-30-45)55(5,6)7)46-31-27-44(28-32-46)56(8,9)10;3*1-15-7-9-17-19-13-24-20(14-23(19)25(3,4)21(17)11-15)18-10-8-16(2)12-22(18)26(24,5)6/h23-34,37-40H,11-22,35-36H2,1-10H3;3*7-14H,1-6H3. The van der Waals surface area contributed by atoms with Crippen molar-refractivity contribution >= 4 is 0 Å². The van der Waals surface area contributed by atoms with E-state index in [1.54, 1.807) is 11.1 Å². The third-order valence-corrected chi connectivity index (χ3v) is 34.6. The van der Waals surface area contributed by atoms with Gasteiger partial charge in [-0.25, -0.2) is 0 Å². The maximum atomic E-state index is 2.73. The monoisotopic (exact) mass is 1790 g/mol. The Kier molecular flexibility index (Phi) is 23.5. The SMILES string of the molecule is CCCCCCCCC1(CCCCCCCC)c2cc(C)ccc2-c2cc3c(cc21)-c1ccc(C)cc1C3(c1ccc(C(C)(C)C)cc1)c1ccc(C(C)(C)C)cc1.Cc1ccc2c(c1)C(C)(C)c1cc3c(cc1-2)C(C)(C)c1cc(C)ccc1-3.Cc1ccc2c(c1)C(C)(C)c1cc3c(cc1-2)C(C)(C)c1cc(C)ccc1-3.Cc1ccc2c(c1)C(C)(C)c1cc3c(cc1-2)C(C)(C)c1cc(C)ccc1-3. The number of benzene rings is 14. The van der Waals surface area contributed by atoms with Crippen molar-refractivity contribution in [3.05, 3.63) is 398 Å². The molecule has 22 rings (SSSR count). The van der Waals surface area contributed by atoms with Gasteiger partial charge in [0, 0.05) is 37.9 Å². The minimum atomic E-state index is -0.437. The molecule has 0 unspecified atom stereocenters. The van der Waals surface area contributed by atoms with Crippen molar-refractivity contribution in [1.82, 2.24) is 0 Å². The highest BCUT2D eigenvalue weighted by molar-refractivity contribution is 5.96. The fourth-order valence-electron chi connectivity index (χ4n) is 26.4. The molecule has 0 atom stereocenters. The Bertz CT molecular complexity index is 6350. The molecule has 0 amide bonds. The van der Waals surface area contributed by atoms with E-state index in [-0.39, 0.29) is 48.7 Å². The first-order valence-electron chi connectivity index (χ1n) is 52.3. The van der Waals surface area contributed by atoms with Crippen LogP contribution in [0.3, 0.4) is 0 Å². The van der Waals surface area contributed by atoms with Crippen LogP contribution in [-0.2, 0) is 54.1 Å². The molecule has 696 valence electrons. The highest BCUT2D eigenvalue weighted by Gasteiger charge is 2.52. The molecule has 14 aromatic rings. The molecule has 0 nitrogen and oxygen atoms in total. The van der Waals surface area contributed by atoms with Gasteiger partial charge in [0.05, 0.1) is 5.41 Å². The second-order valence-corrected chi connectivity index (χ2v) is 48.4. The smallest absolute Gasteiger partial charge is 0.0654 e. The Hall–Kier alpha value is -10.9. The minimum absolute atomic E-state index is 0.0417. The van der Waals surface area contributed by atoms with Crippen LogP contribution in [0, 0.1) is 55.4 Å². The summed E-state index contributed by atoms with van der Waals surface area (Å²) in [6.07, 6.45) is 18.5. The number of aryl methyl sites for hydroxylation is 8. The molecule has 8 aliphatic carbocycles. The maximum Gasteiger partial charge on any atom is 0.0713 e. The second kappa shape index (κ2) is 34.0. The summed E-state index contributed by atoms with van der Waals surface area (Å²) in [5.41, 5.74) is 63.0. The van der Waals surface area contributed by atoms with Gasteiger partial charge in [-0.3, -0.25) is 0 Å². The molecule has 0 aliphatic heterocycles. The van der Waals surface area contributed by atoms with Crippen LogP contribution in [0.4, 0.5) is 0 Å². The third-order valence-electron chi connectivity index (χ3n) is 34.6. The van der Waals surface area contributed by atoms with E-state index in [9.17, 15) is 0 Å². The predicted molar refractivity (Wildman–Crippen MR) is 586 cm³/mol. The lowest BCUT2D eigenvalue weighted by atomic mass is 9.66. The molecule has 0 N–H and O–H groups in total. The molecule has 0 saturated heterocycles. The van der Waals surface area contributed by atoms with Gasteiger partial charge < -0.3 is 0 Å². The van der Waals surface area contributed by atoms with Crippen molar-refractivity contribution in [2.75, 3.05) is 0 Å². The molecule has 0 heterocycles. The first kappa shape index (κ1) is 94.1. The fraction of sp³-hybridized carbons (Fsp3) is 0.382. The Balaban J connectivity index is 0.000000126. The second-order valence-electron chi connectivity index (χ2n) is 48.4. The van der Waals surface area contributed by atoms with E-state index in [0.717, 1.165) is 0 Å². The average Bonchev–Trinajstić information content (AvgIpc) is 1.51.